The van der Waals surface area contributed by atoms with E-state index in [-0.39, 0.29) is 5.91 Å². The highest BCUT2D eigenvalue weighted by Gasteiger charge is 2.12. The first-order valence-corrected chi connectivity index (χ1v) is 9.26. The van der Waals surface area contributed by atoms with Crippen molar-refractivity contribution >= 4 is 28.9 Å². The number of benzene rings is 2. The minimum Gasteiger partial charge on any atom is -0.366 e. The lowest BCUT2D eigenvalue weighted by Gasteiger charge is -2.23. The molecule has 3 rings (SSSR count). The van der Waals surface area contributed by atoms with E-state index < -0.39 is 0 Å². The normalized spacial score (nSPS) is 10.5. The van der Waals surface area contributed by atoms with Gasteiger partial charge in [0.1, 0.15) is 0 Å². The number of nitrogens with zero attached hydrogens (tertiary/aromatic N) is 2. The monoisotopic (exact) mass is 379 g/mol. The lowest BCUT2D eigenvalue weighted by atomic mass is 10.1. The second kappa shape index (κ2) is 8.69. The molecule has 138 valence electrons. The van der Waals surface area contributed by atoms with E-state index in [1.54, 1.807) is 24.5 Å². The van der Waals surface area contributed by atoms with Gasteiger partial charge in [-0.2, -0.15) is 0 Å². The number of hydrogen-bond acceptors (Lipinski definition) is 3. The Morgan fingerprint density at radius 1 is 1.11 bits per heavy atom. The van der Waals surface area contributed by atoms with Crippen molar-refractivity contribution in [1.82, 2.24) is 4.98 Å². The lowest BCUT2D eigenvalue weighted by molar-refractivity contribution is 0.102. The number of anilines is 2. The topological polar surface area (TPSA) is 45.2 Å². The third kappa shape index (κ3) is 4.86. The van der Waals surface area contributed by atoms with Crippen molar-refractivity contribution in [1.29, 1.82) is 0 Å². The van der Waals surface area contributed by atoms with E-state index in [0.717, 1.165) is 30.0 Å². The summed E-state index contributed by atoms with van der Waals surface area (Å²) in [6.07, 6.45) is 3.37. The van der Waals surface area contributed by atoms with Crippen LogP contribution in [0.2, 0.25) is 5.02 Å². The highest BCUT2D eigenvalue weighted by atomic mass is 35.5. The smallest absolute Gasteiger partial charge is 0.257 e. The van der Waals surface area contributed by atoms with Crippen LogP contribution >= 0.6 is 11.6 Å². The molecule has 0 spiro atoms. The van der Waals surface area contributed by atoms with Crippen LogP contribution in [0, 0.1) is 6.92 Å². The van der Waals surface area contributed by atoms with Gasteiger partial charge in [-0.3, -0.25) is 9.78 Å². The number of hydrogen-bond donors (Lipinski definition) is 1. The predicted molar refractivity (Wildman–Crippen MR) is 112 cm³/mol. The van der Waals surface area contributed by atoms with Gasteiger partial charge in [-0.25, -0.2) is 0 Å². The molecule has 0 bridgehead atoms. The number of rotatable bonds is 6. The Bertz CT molecular complexity index is 928. The van der Waals surface area contributed by atoms with Crippen molar-refractivity contribution < 1.29 is 4.79 Å². The third-order valence-electron chi connectivity index (χ3n) is 4.39. The van der Waals surface area contributed by atoms with Gasteiger partial charge in [0.2, 0.25) is 0 Å². The maximum atomic E-state index is 12.7. The SMILES string of the molecule is CCN(Cc1ccccc1)c1cncc(C(=O)Nc2ccc(Cl)cc2C)c1. The van der Waals surface area contributed by atoms with E-state index in [0.29, 0.717) is 10.6 Å². The van der Waals surface area contributed by atoms with Crippen molar-refractivity contribution in [2.24, 2.45) is 0 Å². The van der Waals surface area contributed by atoms with Gasteiger partial charge in [-0.05, 0) is 49.2 Å². The van der Waals surface area contributed by atoms with Crippen LogP contribution in [0.25, 0.3) is 0 Å². The van der Waals surface area contributed by atoms with Crippen LogP contribution in [-0.2, 0) is 6.54 Å². The Morgan fingerprint density at radius 2 is 1.89 bits per heavy atom. The lowest BCUT2D eigenvalue weighted by Crippen LogP contribution is -2.23. The Hall–Kier alpha value is -2.85. The summed E-state index contributed by atoms with van der Waals surface area (Å²) < 4.78 is 0. The quantitative estimate of drug-likeness (QED) is 0.630. The average molecular weight is 380 g/mol. The van der Waals surface area contributed by atoms with Crippen molar-refractivity contribution in [3.05, 3.63) is 88.7 Å². The minimum absolute atomic E-state index is 0.189. The van der Waals surface area contributed by atoms with Crippen LogP contribution in [0.3, 0.4) is 0 Å². The summed E-state index contributed by atoms with van der Waals surface area (Å²) in [5.74, 6) is -0.189. The molecule has 0 saturated heterocycles. The van der Waals surface area contributed by atoms with Gasteiger partial charge in [0, 0.05) is 30.0 Å². The molecular weight excluding hydrogens is 358 g/mol. The fraction of sp³-hybridized carbons (Fsp3) is 0.182. The van der Waals surface area contributed by atoms with Gasteiger partial charge in [0.15, 0.2) is 0 Å². The van der Waals surface area contributed by atoms with Crippen molar-refractivity contribution in [2.45, 2.75) is 20.4 Å². The van der Waals surface area contributed by atoms with Crippen molar-refractivity contribution in [3.8, 4) is 0 Å². The molecule has 0 unspecified atom stereocenters. The Morgan fingerprint density at radius 3 is 2.59 bits per heavy atom. The summed E-state index contributed by atoms with van der Waals surface area (Å²) in [6.45, 7) is 5.58. The first kappa shape index (κ1) is 18.9. The number of nitrogens with one attached hydrogen (secondary N) is 1. The van der Waals surface area contributed by atoms with Crippen LogP contribution in [0.15, 0.2) is 67.0 Å². The van der Waals surface area contributed by atoms with Crippen LogP contribution in [0.1, 0.15) is 28.4 Å². The standard InChI is InChI=1S/C22H22ClN3O/c1-3-26(15-17-7-5-4-6-8-17)20-12-18(13-24-14-20)22(27)25-21-10-9-19(23)11-16(21)2/h4-14H,3,15H2,1-2H3,(H,25,27). The van der Waals surface area contributed by atoms with Crippen molar-refractivity contribution in [3.63, 3.8) is 0 Å². The molecule has 0 aliphatic heterocycles. The fourth-order valence-corrected chi connectivity index (χ4v) is 3.10. The van der Waals surface area contributed by atoms with Crippen LogP contribution in [0.5, 0.6) is 0 Å². The molecule has 0 radical (unpaired) electrons. The highest BCUT2D eigenvalue weighted by Crippen LogP contribution is 2.22. The maximum absolute atomic E-state index is 12.7. The van der Waals surface area contributed by atoms with Gasteiger partial charge < -0.3 is 10.2 Å². The van der Waals surface area contributed by atoms with E-state index in [1.807, 2.05) is 37.3 Å². The molecule has 0 saturated carbocycles. The minimum atomic E-state index is -0.189. The first-order valence-electron chi connectivity index (χ1n) is 8.88. The largest absolute Gasteiger partial charge is 0.366 e. The first-order chi connectivity index (χ1) is 13.1. The summed E-state index contributed by atoms with van der Waals surface area (Å²) in [6, 6.07) is 17.5. The molecule has 1 aromatic heterocycles. The Balaban J connectivity index is 1.78. The summed E-state index contributed by atoms with van der Waals surface area (Å²) in [7, 11) is 0. The van der Waals surface area contributed by atoms with E-state index >= 15 is 0 Å². The summed E-state index contributed by atoms with van der Waals surface area (Å²) in [5.41, 5.74) is 4.31. The van der Waals surface area contributed by atoms with Crippen molar-refractivity contribution in [2.75, 3.05) is 16.8 Å². The maximum Gasteiger partial charge on any atom is 0.257 e. The molecule has 0 aliphatic rings. The number of amides is 1. The zero-order valence-corrected chi connectivity index (χ0v) is 16.2. The third-order valence-corrected chi connectivity index (χ3v) is 4.62. The molecule has 0 fully saturated rings. The number of halogens is 1. The van der Waals surface area contributed by atoms with Gasteiger partial charge in [-0.15, -0.1) is 0 Å². The van der Waals surface area contributed by atoms with Crippen LogP contribution in [0.4, 0.5) is 11.4 Å². The summed E-state index contributed by atoms with van der Waals surface area (Å²) in [5, 5.41) is 3.58. The second-order valence-electron chi connectivity index (χ2n) is 6.34. The Kier molecular flexibility index (Phi) is 6.09. The number of aryl methyl sites for hydroxylation is 1. The second-order valence-corrected chi connectivity index (χ2v) is 6.78. The zero-order chi connectivity index (χ0) is 19.2. The van der Waals surface area contributed by atoms with Crippen LogP contribution in [-0.4, -0.2) is 17.4 Å². The van der Waals surface area contributed by atoms with Crippen LogP contribution < -0.4 is 10.2 Å². The summed E-state index contributed by atoms with van der Waals surface area (Å²) >= 11 is 5.98. The Labute approximate surface area is 164 Å². The van der Waals surface area contributed by atoms with Gasteiger partial charge >= 0.3 is 0 Å². The van der Waals surface area contributed by atoms with Gasteiger partial charge in [0.05, 0.1) is 17.4 Å². The molecule has 27 heavy (non-hydrogen) atoms. The molecule has 3 aromatic rings. The fourth-order valence-electron chi connectivity index (χ4n) is 2.88. The number of aromatic nitrogens is 1. The molecule has 2 aromatic carbocycles. The number of pyridine rings is 1. The molecule has 0 aliphatic carbocycles. The van der Waals surface area contributed by atoms with E-state index in [9.17, 15) is 4.79 Å². The predicted octanol–water partition coefficient (Wildman–Crippen LogP) is 5.32. The zero-order valence-electron chi connectivity index (χ0n) is 15.4. The number of carbonyl (C=O) groups excluding carboxylic acids is 1. The molecule has 4 nitrogen and oxygen atoms in total. The molecule has 1 N–H and O–H groups in total. The van der Waals surface area contributed by atoms with Gasteiger partial charge in [-0.1, -0.05) is 41.9 Å². The number of carbonyl (C=O) groups is 1. The summed E-state index contributed by atoms with van der Waals surface area (Å²) in [4.78, 5) is 19.1. The average Bonchev–Trinajstić information content (AvgIpc) is 2.69. The molecular formula is C22H22ClN3O. The van der Waals surface area contributed by atoms with Gasteiger partial charge in [0.25, 0.3) is 5.91 Å². The van der Waals surface area contributed by atoms with E-state index in [2.05, 4.69) is 34.3 Å². The molecule has 0 atom stereocenters. The van der Waals surface area contributed by atoms with E-state index in [1.165, 1.54) is 5.56 Å². The molecule has 1 amide bonds. The molecule has 1 heterocycles. The van der Waals surface area contributed by atoms with E-state index in [4.69, 9.17) is 11.6 Å². The highest BCUT2D eigenvalue weighted by molar-refractivity contribution is 6.30. The molecule has 5 heteroatoms.